The minimum Gasteiger partial charge on any atom is -0.265 e. The van der Waals surface area contributed by atoms with Gasteiger partial charge in [0.15, 0.2) is 0 Å². The summed E-state index contributed by atoms with van der Waals surface area (Å²) in [5.74, 6) is 0. The number of hydroxylamine groups is 1. The van der Waals surface area contributed by atoms with Crippen molar-refractivity contribution in [2.24, 2.45) is 4.99 Å². The maximum atomic E-state index is 5.90. The third-order valence-electron chi connectivity index (χ3n) is 4.98. The Labute approximate surface area is 160 Å². The molecule has 2 aliphatic rings. The van der Waals surface area contributed by atoms with Crippen LogP contribution in [0.3, 0.4) is 0 Å². The van der Waals surface area contributed by atoms with E-state index in [2.05, 4.69) is 81.7 Å². The number of aliphatic imine (C=N–C) groups is 1. The van der Waals surface area contributed by atoms with E-state index < -0.39 is 0 Å². The molecule has 0 saturated heterocycles. The van der Waals surface area contributed by atoms with Gasteiger partial charge in [-0.05, 0) is 63.1 Å². The number of nitrogens with one attached hydrogen (secondary N) is 1. The molecule has 0 bridgehead atoms. The standard InChI is InChI=1S/C24H24N2O/c1-15-9-11-19(12-10-15)25-20-7-5-6-8-21-23(20)24(26-27-21)22-17(3)13-16(2)14-18(22)4/h5-14,21,26H,1-4H3. The molecular weight excluding hydrogens is 332 g/mol. The van der Waals surface area contributed by atoms with Gasteiger partial charge in [0.25, 0.3) is 0 Å². The van der Waals surface area contributed by atoms with Gasteiger partial charge in [-0.25, -0.2) is 4.99 Å². The lowest BCUT2D eigenvalue weighted by Gasteiger charge is -2.14. The Kier molecular flexibility index (Phi) is 4.54. The molecule has 1 unspecified atom stereocenters. The summed E-state index contributed by atoms with van der Waals surface area (Å²) >= 11 is 0. The fourth-order valence-corrected chi connectivity index (χ4v) is 3.81. The first-order chi connectivity index (χ1) is 13.0. The van der Waals surface area contributed by atoms with E-state index >= 15 is 0 Å². The molecule has 3 heteroatoms. The number of aryl methyl sites for hydroxylation is 4. The molecule has 0 amide bonds. The smallest absolute Gasteiger partial charge is 0.133 e. The van der Waals surface area contributed by atoms with Gasteiger partial charge in [-0.2, -0.15) is 0 Å². The maximum Gasteiger partial charge on any atom is 0.133 e. The highest BCUT2D eigenvalue weighted by atomic mass is 16.7. The van der Waals surface area contributed by atoms with Crippen LogP contribution in [-0.2, 0) is 4.84 Å². The Morgan fingerprint density at radius 2 is 1.59 bits per heavy atom. The zero-order chi connectivity index (χ0) is 19.0. The van der Waals surface area contributed by atoms with Gasteiger partial charge in [0.1, 0.15) is 6.10 Å². The highest BCUT2D eigenvalue weighted by Gasteiger charge is 2.31. The Bertz CT molecular complexity index is 984. The van der Waals surface area contributed by atoms with Crippen molar-refractivity contribution in [2.45, 2.75) is 33.8 Å². The highest BCUT2D eigenvalue weighted by Crippen LogP contribution is 2.34. The molecule has 3 nitrogen and oxygen atoms in total. The van der Waals surface area contributed by atoms with E-state index in [4.69, 9.17) is 9.83 Å². The third kappa shape index (κ3) is 3.38. The molecule has 0 fully saturated rings. The minimum atomic E-state index is -0.153. The lowest BCUT2D eigenvalue weighted by Crippen LogP contribution is -2.13. The zero-order valence-electron chi connectivity index (χ0n) is 16.2. The number of allylic oxidation sites excluding steroid dienone is 3. The molecule has 0 spiro atoms. The van der Waals surface area contributed by atoms with Crippen LogP contribution in [-0.4, -0.2) is 11.8 Å². The first-order valence-electron chi connectivity index (χ1n) is 9.27. The third-order valence-corrected chi connectivity index (χ3v) is 4.98. The summed E-state index contributed by atoms with van der Waals surface area (Å²) < 4.78 is 0. The second-order valence-electron chi connectivity index (χ2n) is 7.28. The lowest BCUT2D eigenvalue weighted by molar-refractivity contribution is 0.0763. The van der Waals surface area contributed by atoms with Gasteiger partial charge in [0, 0.05) is 11.1 Å². The molecule has 27 heavy (non-hydrogen) atoms. The van der Waals surface area contributed by atoms with E-state index in [0.717, 1.165) is 22.7 Å². The summed E-state index contributed by atoms with van der Waals surface area (Å²) in [4.78, 5) is 10.8. The van der Waals surface area contributed by atoms with E-state index in [1.165, 1.54) is 27.8 Å². The predicted octanol–water partition coefficient (Wildman–Crippen LogP) is 5.43. The number of hydrogen-bond acceptors (Lipinski definition) is 3. The van der Waals surface area contributed by atoms with Crippen LogP contribution in [0.1, 0.15) is 27.8 Å². The van der Waals surface area contributed by atoms with Gasteiger partial charge in [0.2, 0.25) is 0 Å². The molecule has 1 N–H and O–H groups in total. The van der Waals surface area contributed by atoms with Crippen LogP contribution in [0, 0.1) is 27.7 Å². The number of rotatable bonds is 2. The Morgan fingerprint density at radius 1 is 0.889 bits per heavy atom. The molecule has 4 rings (SSSR count). The van der Waals surface area contributed by atoms with Crippen molar-refractivity contribution in [1.82, 2.24) is 5.48 Å². The van der Waals surface area contributed by atoms with E-state index in [-0.39, 0.29) is 6.10 Å². The number of hydrogen-bond donors (Lipinski definition) is 1. The second kappa shape index (κ2) is 7.01. The van der Waals surface area contributed by atoms with Crippen LogP contribution in [0.2, 0.25) is 0 Å². The van der Waals surface area contributed by atoms with Crippen molar-refractivity contribution in [3.63, 3.8) is 0 Å². The SMILES string of the molecule is Cc1ccc(N=C2C=CC=CC3ONC(c4c(C)cc(C)cc4C)=C23)cc1. The van der Waals surface area contributed by atoms with Gasteiger partial charge >= 0.3 is 0 Å². The molecule has 2 aromatic rings. The average molecular weight is 356 g/mol. The van der Waals surface area contributed by atoms with Crippen LogP contribution in [0.15, 0.2) is 71.3 Å². The molecule has 1 aliphatic heterocycles. The summed E-state index contributed by atoms with van der Waals surface area (Å²) in [5, 5.41) is 0. The van der Waals surface area contributed by atoms with E-state index in [1.807, 2.05) is 12.2 Å². The quantitative estimate of drug-likeness (QED) is 0.778. The molecule has 2 aromatic carbocycles. The average Bonchev–Trinajstić information content (AvgIpc) is 2.91. The molecule has 1 aliphatic carbocycles. The van der Waals surface area contributed by atoms with Crippen molar-refractivity contribution in [2.75, 3.05) is 0 Å². The van der Waals surface area contributed by atoms with E-state index in [1.54, 1.807) is 0 Å². The summed E-state index contributed by atoms with van der Waals surface area (Å²) in [6.07, 6.45) is 8.00. The van der Waals surface area contributed by atoms with Gasteiger partial charge in [-0.3, -0.25) is 10.3 Å². The summed E-state index contributed by atoms with van der Waals surface area (Å²) in [5.41, 5.74) is 13.3. The Hall–Kier alpha value is -2.91. The number of nitrogens with zero attached hydrogens (tertiary/aromatic N) is 1. The fraction of sp³-hybridized carbons (Fsp3) is 0.208. The van der Waals surface area contributed by atoms with Crippen molar-refractivity contribution in [3.05, 3.63) is 94.1 Å². The van der Waals surface area contributed by atoms with Crippen molar-refractivity contribution >= 4 is 17.1 Å². The van der Waals surface area contributed by atoms with Gasteiger partial charge in [-0.1, -0.05) is 47.5 Å². The van der Waals surface area contributed by atoms with Gasteiger partial charge < -0.3 is 0 Å². The molecule has 1 atom stereocenters. The Morgan fingerprint density at radius 3 is 2.30 bits per heavy atom. The van der Waals surface area contributed by atoms with Crippen LogP contribution in [0.4, 0.5) is 5.69 Å². The highest BCUT2D eigenvalue weighted by molar-refractivity contribution is 6.16. The van der Waals surface area contributed by atoms with Crippen molar-refractivity contribution in [3.8, 4) is 0 Å². The summed E-state index contributed by atoms with van der Waals surface area (Å²) in [7, 11) is 0. The van der Waals surface area contributed by atoms with Crippen LogP contribution < -0.4 is 5.48 Å². The first-order valence-corrected chi connectivity index (χ1v) is 9.27. The number of fused-ring (bicyclic) bond motifs is 1. The fourth-order valence-electron chi connectivity index (χ4n) is 3.81. The van der Waals surface area contributed by atoms with Crippen molar-refractivity contribution < 1.29 is 4.84 Å². The summed E-state index contributed by atoms with van der Waals surface area (Å²) in [6, 6.07) is 12.7. The molecule has 136 valence electrons. The molecular formula is C24H24N2O. The lowest BCUT2D eigenvalue weighted by atomic mass is 9.92. The van der Waals surface area contributed by atoms with Crippen LogP contribution in [0.25, 0.3) is 5.70 Å². The van der Waals surface area contributed by atoms with E-state index in [0.29, 0.717) is 0 Å². The largest absolute Gasteiger partial charge is 0.265 e. The second-order valence-corrected chi connectivity index (χ2v) is 7.28. The predicted molar refractivity (Wildman–Crippen MR) is 112 cm³/mol. The van der Waals surface area contributed by atoms with E-state index in [9.17, 15) is 0 Å². The minimum absolute atomic E-state index is 0.153. The molecule has 0 saturated carbocycles. The van der Waals surface area contributed by atoms with Crippen LogP contribution >= 0.6 is 0 Å². The molecule has 1 heterocycles. The maximum absolute atomic E-state index is 5.90. The Balaban J connectivity index is 1.90. The molecule has 0 radical (unpaired) electrons. The van der Waals surface area contributed by atoms with Crippen LogP contribution in [0.5, 0.6) is 0 Å². The zero-order valence-corrected chi connectivity index (χ0v) is 16.2. The van der Waals surface area contributed by atoms with Gasteiger partial charge in [0.05, 0.1) is 17.1 Å². The van der Waals surface area contributed by atoms with Crippen molar-refractivity contribution in [1.29, 1.82) is 0 Å². The normalized spacial score (nSPS) is 20.0. The first kappa shape index (κ1) is 17.5. The monoisotopic (exact) mass is 356 g/mol. The number of benzene rings is 2. The topological polar surface area (TPSA) is 33.6 Å². The molecule has 0 aromatic heterocycles. The van der Waals surface area contributed by atoms with Gasteiger partial charge in [-0.15, -0.1) is 0 Å². The summed E-state index contributed by atoms with van der Waals surface area (Å²) in [6.45, 7) is 8.51.